The number of amides is 2. The second-order valence-electron chi connectivity index (χ2n) is 10.0. The summed E-state index contributed by atoms with van der Waals surface area (Å²) in [4.78, 5) is 38.1. The van der Waals surface area contributed by atoms with E-state index in [2.05, 4.69) is 22.2 Å². The van der Waals surface area contributed by atoms with Crippen LogP contribution in [0.1, 0.15) is 49.0 Å². The van der Waals surface area contributed by atoms with Crippen molar-refractivity contribution < 1.29 is 22.4 Å². The Bertz CT molecular complexity index is 1510. The van der Waals surface area contributed by atoms with E-state index in [1.54, 1.807) is 12.1 Å². The predicted octanol–water partition coefficient (Wildman–Crippen LogP) is 3.65. The molecular formula is C27H28FN5O4S. The van der Waals surface area contributed by atoms with Gasteiger partial charge in [0, 0.05) is 26.3 Å². The molecular weight excluding hydrogens is 509 g/mol. The molecule has 0 saturated carbocycles. The van der Waals surface area contributed by atoms with Crippen LogP contribution in [-0.2, 0) is 26.0 Å². The number of anilines is 2. The Morgan fingerprint density at radius 2 is 1.84 bits per heavy atom. The third kappa shape index (κ3) is 4.98. The van der Waals surface area contributed by atoms with Gasteiger partial charge in [0.15, 0.2) is 9.84 Å². The summed E-state index contributed by atoms with van der Waals surface area (Å²) in [6.07, 6.45) is 4.97. The van der Waals surface area contributed by atoms with E-state index in [9.17, 15) is 22.4 Å². The first-order valence-electron chi connectivity index (χ1n) is 12.3. The van der Waals surface area contributed by atoms with Gasteiger partial charge >= 0.3 is 0 Å². The van der Waals surface area contributed by atoms with Gasteiger partial charge < -0.3 is 15.1 Å². The van der Waals surface area contributed by atoms with E-state index in [0.29, 0.717) is 28.7 Å². The molecule has 3 atom stereocenters. The van der Waals surface area contributed by atoms with Crippen LogP contribution >= 0.6 is 0 Å². The maximum absolute atomic E-state index is 13.9. The molecule has 11 heteroatoms. The first-order valence-corrected chi connectivity index (χ1v) is 14.2. The average Bonchev–Trinajstić information content (AvgIpc) is 3.44. The molecule has 3 heterocycles. The van der Waals surface area contributed by atoms with Crippen molar-refractivity contribution in [3.63, 3.8) is 0 Å². The van der Waals surface area contributed by atoms with Crippen LogP contribution in [0.4, 0.5) is 16.0 Å². The zero-order valence-electron chi connectivity index (χ0n) is 21.3. The number of hydrogen-bond acceptors (Lipinski definition) is 7. The summed E-state index contributed by atoms with van der Waals surface area (Å²) in [6.45, 7) is 4.35. The van der Waals surface area contributed by atoms with E-state index >= 15 is 0 Å². The van der Waals surface area contributed by atoms with Gasteiger partial charge in [-0.2, -0.15) is 0 Å². The first kappa shape index (κ1) is 25.8. The number of halogens is 1. The fourth-order valence-electron chi connectivity index (χ4n) is 5.28. The highest BCUT2D eigenvalue weighted by Crippen LogP contribution is 2.38. The molecule has 1 saturated heterocycles. The zero-order chi connectivity index (χ0) is 27.2. The molecule has 198 valence electrons. The van der Waals surface area contributed by atoms with Crippen LogP contribution in [0.5, 0.6) is 0 Å². The Hall–Kier alpha value is -3.86. The van der Waals surface area contributed by atoms with Gasteiger partial charge in [-0.25, -0.2) is 22.8 Å². The number of nitrogens with zero attached hydrogens (tertiary/aromatic N) is 4. The van der Waals surface area contributed by atoms with E-state index in [1.807, 2.05) is 11.0 Å². The van der Waals surface area contributed by atoms with E-state index in [-0.39, 0.29) is 29.2 Å². The number of hydrogen-bond donors (Lipinski definition) is 1. The SMILES string of the molecule is CC(=O)N1Cc2cc(S(C)(=O)=O)ccc2[C@@H]1C(=O)Nc1cnc(N2CC(C)CC2c2cccc(F)c2)nc1. The zero-order valence-corrected chi connectivity index (χ0v) is 22.1. The second kappa shape index (κ2) is 9.79. The summed E-state index contributed by atoms with van der Waals surface area (Å²) in [5.74, 6) is -0.196. The van der Waals surface area contributed by atoms with E-state index < -0.39 is 21.8 Å². The van der Waals surface area contributed by atoms with Crippen molar-refractivity contribution in [3.8, 4) is 0 Å². The van der Waals surface area contributed by atoms with Crippen LogP contribution in [0.15, 0.2) is 59.8 Å². The Labute approximate surface area is 220 Å². The Balaban J connectivity index is 1.36. The predicted molar refractivity (Wildman–Crippen MR) is 139 cm³/mol. The van der Waals surface area contributed by atoms with E-state index in [0.717, 1.165) is 24.8 Å². The van der Waals surface area contributed by atoms with E-state index in [4.69, 9.17) is 0 Å². The Kier molecular flexibility index (Phi) is 6.64. The quantitative estimate of drug-likeness (QED) is 0.529. The summed E-state index contributed by atoms with van der Waals surface area (Å²) in [5.41, 5.74) is 2.41. The minimum atomic E-state index is -3.43. The van der Waals surface area contributed by atoms with Crippen molar-refractivity contribution in [2.24, 2.45) is 5.92 Å². The molecule has 2 unspecified atom stereocenters. The number of carbonyl (C=O) groups is 2. The van der Waals surface area contributed by atoms with Crippen LogP contribution in [0, 0.1) is 11.7 Å². The molecule has 2 aliphatic rings. The third-order valence-electron chi connectivity index (χ3n) is 7.05. The number of sulfone groups is 1. The van der Waals surface area contributed by atoms with Crippen LogP contribution in [0.3, 0.4) is 0 Å². The van der Waals surface area contributed by atoms with Gasteiger partial charge in [-0.05, 0) is 53.3 Å². The lowest BCUT2D eigenvalue weighted by atomic mass is 10.0. The minimum absolute atomic E-state index is 0.0583. The van der Waals surface area contributed by atoms with E-state index in [1.165, 1.54) is 48.5 Å². The molecule has 2 amide bonds. The third-order valence-corrected chi connectivity index (χ3v) is 8.16. The van der Waals surface area contributed by atoms with Crippen molar-refractivity contribution in [1.29, 1.82) is 0 Å². The van der Waals surface area contributed by atoms with Gasteiger partial charge in [0.25, 0.3) is 5.91 Å². The lowest BCUT2D eigenvalue weighted by Crippen LogP contribution is -2.35. The molecule has 38 heavy (non-hydrogen) atoms. The molecule has 0 aliphatic carbocycles. The molecule has 1 fully saturated rings. The highest BCUT2D eigenvalue weighted by atomic mass is 32.2. The molecule has 1 aromatic heterocycles. The topological polar surface area (TPSA) is 113 Å². The molecule has 2 aromatic carbocycles. The monoisotopic (exact) mass is 537 g/mol. The van der Waals surface area contributed by atoms with Gasteiger partial charge in [-0.1, -0.05) is 25.1 Å². The Morgan fingerprint density at radius 1 is 1.11 bits per heavy atom. The number of carbonyl (C=O) groups excluding carboxylic acids is 2. The van der Waals surface area contributed by atoms with Crippen LogP contribution in [0.2, 0.25) is 0 Å². The first-order chi connectivity index (χ1) is 18.0. The highest BCUT2D eigenvalue weighted by Gasteiger charge is 2.38. The standard InChI is InChI=1S/C27H28FN5O4S/c1-16-9-24(18-5-4-6-20(28)10-18)33(14-16)27-29-12-21(13-30-27)31-26(35)25-23-8-7-22(38(3,36)37)11-19(23)15-32(25)17(2)34/h4-8,10-13,16,24-25H,9,14-15H2,1-3H3,(H,31,35)/t16?,24?,25-/m1/s1. The van der Waals surface area contributed by atoms with Gasteiger partial charge in [0.05, 0.1) is 29.0 Å². The van der Waals surface area contributed by atoms with Crippen molar-refractivity contribution >= 4 is 33.3 Å². The second-order valence-corrected chi connectivity index (χ2v) is 12.0. The summed E-state index contributed by atoms with van der Waals surface area (Å²) >= 11 is 0. The fourth-order valence-corrected chi connectivity index (χ4v) is 5.95. The minimum Gasteiger partial charge on any atom is -0.334 e. The average molecular weight is 538 g/mol. The fraction of sp³-hybridized carbons (Fsp3) is 0.333. The van der Waals surface area contributed by atoms with Gasteiger partial charge in [-0.15, -0.1) is 0 Å². The van der Waals surface area contributed by atoms with Gasteiger partial charge in [0.2, 0.25) is 11.9 Å². The lowest BCUT2D eigenvalue weighted by Gasteiger charge is -2.25. The van der Waals surface area contributed by atoms with Crippen LogP contribution in [0.25, 0.3) is 0 Å². The van der Waals surface area contributed by atoms with Crippen molar-refractivity contribution in [1.82, 2.24) is 14.9 Å². The van der Waals surface area contributed by atoms with Gasteiger partial charge in [0.1, 0.15) is 11.9 Å². The molecule has 2 aliphatic heterocycles. The molecule has 9 nitrogen and oxygen atoms in total. The normalized spacial score (nSPS) is 20.9. The van der Waals surface area contributed by atoms with Crippen molar-refractivity contribution in [2.45, 2.75) is 43.8 Å². The largest absolute Gasteiger partial charge is 0.334 e. The summed E-state index contributed by atoms with van der Waals surface area (Å²) in [6, 6.07) is 10.1. The molecule has 0 radical (unpaired) electrons. The highest BCUT2D eigenvalue weighted by molar-refractivity contribution is 7.90. The van der Waals surface area contributed by atoms with Crippen LogP contribution in [-0.4, -0.2) is 47.9 Å². The molecule has 3 aromatic rings. The maximum atomic E-state index is 13.9. The smallest absolute Gasteiger partial charge is 0.251 e. The molecule has 0 bridgehead atoms. The molecule has 1 N–H and O–H groups in total. The van der Waals surface area contributed by atoms with Crippen molar-refractivity contribution in [3.05, 3.63) is 77.4 Å². The maximum Gasteiger partial charge on any atom is 0.251 e. The summed E-state index contributed by atoms with van der Waals surface area (Å²) in [5, 5.41) is 2.79. The van der Waals surface area contributed by atoms with Gasteiger partial charge in [-0.3, -0.25) is 9.59 Å². The lowest BCUT2D eigenvalue weighted by molar-refractivity contribution is -0.136. The molecule has 0 spiro atoms. The number of fused-ring (bicyclic) bond motifs is 1. The summed E-state index contributed by atoms with van der Waals surface area (Å²) < 4.78 is 37.8. The number of rotatable bonds is 5. The molecule has 5 rings (SSSR count). The van der Waals surface area contributed by atoms with Crippen LogP contribution < -0.4 is 10.2 Å². The van der Waals surface area contributed by atoms with Crippen molar-refractivity contribution in [2.75, 3.05) is 23.0 Å². The number of aromatic nitrogens is 2. The summed E-state index contributed by atoms with van der Waals surface area (Å²) in [7, 11) is -3.43. The Morgan fingerprint density at radius 3 is 2.50 bits per heavy atom. The number of benzene rings is 2. The number of nitrogens with one attached hydrogen (secondary N) is 1.